The zero-order valence-electron chi connectivity index (χ0n) is 18.9. The van der Waals surface area contributed by atoms with Gasteiger partial charge in [-0.3, -0.25) is 4.79 Å². The highest BCUT2D eigenvalue weighted by Gasteiger charge is 2.31. The molecule has 0 saturated heterocycles. The van der Waals surface area contributed by atoms with Crippen LogP contribution in [0.15, 0.2) is 77.7 Å². The van der Waals surface area contributed by atoms with Crippen molar-refractivity contribution in [3.63, 3.8) is 0 Å². The van der Waals surface area contributed by atoms with Gasteiger partial charge in [-0.05, 0) is 35.9 Å². The molecule has 0 bridgehead atoms. The van der Waals surface area contributed by atoms with Crippen LogP contribution in [0.3, 0.4) is 0 Å². The summed E-state index contributed by atoms with van der Waals surface area (Å²) >= 11 is 3.55. The highest BCUT2D eigenvalue weighted by atomic mass is 79.9. The first-order valence-corrected chi connectivity index (χ1v) is 11.7. The molecule has 186 valence electrons. The summed E-state index contributed by atoms with van der Waals surface area (Å²) in [7, 11) is 0. The van der Waals surface area contributed by atoms with Crippen LogP contribution in [-0.4, -0.2) is 30.6 Å². The van der Waals surface area contributed by atoms with Gasteiger partial charge < -0.3 is 11.1 Å². The third-order valence-electron chi connectivity index (χ3n) is 5.59. The minimum Gasteiger partial charge on any atom is -0.383 e. The van der Waals surface area contributed by atoms with Crippen LogP contribution in [0.25, 0.3) is 22.3 Å². The molecule has 3 N–H and O–H groups in total. The number of nitrogens with two attached hydrogens (primary N) is 1. The smallest absolute Gasteiger partial charge is 0.383 e. The number of benzene rings is 2. The van der Waals surface area contributed by atoms with E-state index in [9.17, 15) is 18.0 Å². The molecule has 2 aromatic carbocycles. The molecule has 0 aliphatic rings. The van der Waals surface area contributed by atoms with Gasteiger partial charge in [0, 0.05) is 21.8 Å². The number of pyridine rings is 1. The van der Waals surface area contributed by atoms with Crippen molar-refractivity contribution < 1.29 is 18.0 Å². The van der Waals surface area contributed by atoms with Gasteiger partial charge in [0.1, 0.15) is 23.7 Å². The van der Waals surface area contributed by atoms with Gasteiger partial charge in [0.25, 0.3) is 5.91 Å². The number of rotatable bonds is 5. The number of carbonyl (C=O) groups excluding carboxylic acids is 1. The quantitative estimate of drug-likeness (QED) is 0.288. The van der Waals surface area contributed by atoms with Gasteiger partial charge in [-0.2, -0.15) is 18.3 Å². The molecule has 8 nitrogen and oxygen atoms in total. The number of carbonyl (C=O) groups is 1. The highest BCUT2D eigenvalue weighted by molar-refractivity contribution is 9.10. The largest absolute Gasteiger partial charge is 0.416 e. The van der Waals surface area contributed by atoms with E-state index in [0.717, 1.165) is 28.4 Å². The standard InChI is InChI=1S/C25H17BrF3N7O/c26-18-4-2-1-3-16(18)12-36-23-20(22(30)32-13-33-23)21(35-36)14-5-7-15(8-6-14)24(37)34-19-11-17(9-10-31-19)25(27,28)29/h1-11,13H,12H2,(H2,30,32,33)(H,31,34,37). The number of hydrogen-bond acceptors (Lipinski definition) is 6. The van der Waals surface area contributed by atoms with E-state index in [2.05, 4.69) is 36.2 Å². The maximum absolute atomic E-state index is 12.9. The van der Waals surface area contributed by atoms with E-state index in [-0.39, 0.29) is 17.2 Å². The fraction of sp³-hybridized carbons (Fsp3) is 0.0800. The zero-order valence-corrected chi connectivity index (χ0v) is 20.5. The summed E-state index contributed by atoms with van der Waals surface area (Å²) in [6, 6.07) is 15.8. The first-order valence-electron chi connectivity index (χ1n) is 10.9. The first kappa shape index (κ1) is 24.4. The Labute approximate surface area is 216 Å². The molecule has 12 heteroatoms. The predicted molar refractivity (Wildman–Crippen MR) is 136 cm³/mol. The molecule has 37 heavy (non-hydrogen) atoms. The molecule has 0 fully saturated rings. The fourth-order valence-corrected chi connectivity index (χ4v) is 4.18. The molecule has 3 aromatic heterocycles. The summed E-state index contributed by atoms with van der Waals surface area (Å²) in [5.74, 6) is -0.549. The summed E-state index contributed by atoms with van der Waals surface area (Å²) < 4.78 is 41.5. The summed E-state index contributed by atoms with van der Waals surface area (Å²) in [5, 5.41) is 7.69. The monoisotopic (exact) mass is 567 g/mol. The Morgan fingerprint density at radius 2 is 1.78 bits per heavy atom. The van der Waals surface area contributed by atoms with E-state index >= 15 is 0 Å². The Balaban J connectivity index is 1.44. The Bertz CT molecular complexity index is 1620. The molecule has 0 atom stereocenters. The molecule has 0 aliphatic carbocycles. The van der Waals surface area contributed by atoms with Crippen LogP contribution >= 0.6 is 15.9 Å². The molecule has 0 saturated carbocycles. The molecule has 0 unspecified atom stereocenters. The second-order valence-electron chi connectivity index (χ2n) is 8.01. The number of nitrogen functional groups attached to an aromatic ring is 1. The topological polar surface area (TPSA) is 112 Å². The van der Waals surface area contributed by atoms with E-state index in [4.69, 9.17) is 10.8 Å². The van der Waals surface area contributed by atoms with Gasteiger partial charge in [0.05, 0.1) is 17.5 Å². The van der Waals surface area contributed by atoms with Crippen LogP contribution < -0.4 is 11.1 Å². The van der Waals surface area contributed by atoms with E-state index < -0.39 is 17.6 Å². The molecular formula is C25H17BrF3N7O. The maximum Gasteiger partial charge on any atom is 0.416 e. The van der Waals surface area contributed by atoms with Crippen LogP contribution in [0, 0.1) is 0 Å². The van der Waals surface area contributed by atoms with E-state index in [1.807, 2.05) is 24.3 Å². The van der Waals surface area contributed by atoms with Crippen molar-refractivity contribution in [2.24, 2.45) is 0 Å². The Morgan fingerprint density at radius 3 is 2.51 bits per heavy atom. The molecule has 0 spiro atoms. The number of alkyl halides is 3. The summed E-state index contributed by atoms with van der Waals surface area (Å²) in [5.41, 5.74) is 8.23. The highest BCUT2D eigenvalue weighted by Crippen LogP contribution is 2.32. The van der Waals surface area contributed by atoms with Gasteiger partial charge in [-0.15, -0.1) is 0 Å². The van der Waals surface area contributed by atoms with E-state index in [0.29, 0.717) is 28.8 Å². The molecule has 0 radical (unpaired) electrons. The number of nitrogens with zero attached hydrogens (tertiary/aromatic N) is 5. The van der Waals surface area contributed by atoms with Crippen LogP contribution in [-0.2, 0) is 12.7 Å². The average Bonchev–Trinajstić information content (AvgIpc) is 3.25. The SMILES string of the molecule is Nc1ncnc2c1c(-c1ccc(C(=O)Nc3cc(C(F)(F)F)ccn3)cc1)nn2Cc1ccccc1Br. The molecule has 3 heterocycles. The van der Waals surface area contributed by atoms with E-state index in [1.54, 1.807) is 16.8 Å². The summed E-state index contributed by atoms with van der Waals surface area (Å²) in [6.07, 6.45) is -2.18. The van der Waals surface area contributed by atoms with Gasteiger partial charge in [0.2, 0.25) is 0 Å². The van der Waals surface area contributed by atoms with Crippen molar-refractivity contribution in [3.05, 3.63) is 94.4 Å². The second-order valence-corrected chi connectivity index (χ2v) is 8.87. The average molecular weight is 568 g/mol. The number of fused-ring (bicyclic) bond motifs is 1. The van der Waals surface area contributed by atoms with E-state index in [1.165, 1.54) is 18.5 Å². The Kier molecular flexibility index (Phi) is 6.34. The van der Waals surface area contributed by atoms with Gasteiger partial charge in [0.15, 0.2) is 5.65 Å². The Morgan fingerprint density at radius 1 is 1.03 bits per heavy atom. The molecule has 0 aliphatic heterocycles. The normalized spacial score (nSPS) is 11.6. The number of aromatic nitrogens is 5. The lowest BCUT2D eigenvalue weighted by Crippen LogP contribution is -2.14. The van der Waals surface area contributed by atoms with Crippen LogP contribution in [0.4, 0.5) is 24.8 Å². The lowest BCUT2D eigenvalue weighted by Gasteiger charge is -2.09. The number of anilines is 2. The summed E-state index contributed by atoms with van der Waals surface area (Å²) in [6.45, 7) is 0.429. The lowest BCUT2D eigenvalue weighted by molar-refractivity contribution is -0.137. The lowest BCUT2D eigenvalue weighted by atomic mass is 10.1. The van der Waals surface area contributed by atoms with Gasteiger partial charge in [-0.25, -0.2) is 19.6 Å². The number of amides is 1. The van der Waals surface area contributed by atoms with Crippen LogP contribution in [0.1, 0.15) is 21.5 Å². The molecule has 5 aromatic rings. The van der Waals surface area contributed by atoms with Crippen molar-refractivity contribution in [1.29, 1.82) is 0 Å². The molecular weight excluding hydrogens is 551 g/mol. The molecule has 5 rings (SSSR count). The maximum atomic E-state index is 12.9. The zero-order chi connectivity index (χ0) is 26.2. The number of nitrogens with one attached hydrogen (secondary N) is 1. The van der Waals surface area contributed by atoms with Crippen molar-refractivity contribution >= 4 is 44.5 Å². The van der Waals surface area contributed by atoms with Gasteiger partial charge in [-0.1, -0.05) is 46.3 Å². The minimum atomic E-state index is -4.54. The third kappa shape index (κ3) is 5.00. The number of halogens is 4. The minimum absolute atomic E-state index is 0.203. The van der Waals surface area contributed by atoms with Crippen molar-refractivity contribution in [2.75, 3.05) is 11.1 Å². The van der Waals surface area contributed by atoms with Gasteiger partial charge >= 0.3 is 6.18 Å². The number of hydrogen-bond donors (Lipinski definition) is 2. The van der Waals surface area contributed by atoms with Crippen molar-refractivity contribution in [3.8, 4) is 11.3 Å². The second kappa shape index (κ2) is 9.62. The predicted octanol–water partition coefficient (Wildman–Crippen LogP) is 5.55. The van der Waals surface area contributed by atoms with Crippen LogP contribution in [0.5, 0.6) is 0 Å². The summed E-state index contributed by atoms with van der Waals surface area (Å²) in [4.78, 5) is 24.9. The van der Waals surface area contributed by atoms with Crippen molar-refractivity contribution in [2.45, 2.75) is 12.7 Å². The van der Waals surface area contributed by atoms with Crippen LogP contribution in [0.2, 0.25) is 0 Å². The Hall–Kier alpha value is -4.32. The van der Waals surface area contributed by atoms with Crippen molar-refractivity contribution in [1.82, 2.24) is 24.7 Å². The third-order valence-corrected chi connectivity index (χ3v) is 6.36. The molecule has 1 amide bonds. The fourth-order valence-electron chi connectivity index (χ4n) is 3.77. The first-order chi connectivity index (χ1) is 17.7.